The molecule has 6 heteroatoms. The van der Waals surface area contributed by atoms with E-state index >= 15 is 0 Å². The normalized spacial score (nSPS) is 18.2. The first-order valence-electron chi connectivity index (χ1n) is 6.98. The fourth-order valence-electron chi connectivity index (χ4n) is 2.37. The van der Waals surface area contributed by atoms with Crippen molar-refractivity contribution in [2.75, 3.05) is 39.8 Å². The van der Waals surface area contributed by atoms with E-state index in [1.54, 1.807) is 13.4 Å². The summed E-state index contributed by atoms with van der Waals surface area (Å²) in [5.74, 6) is 1.09. The van der Waals surface area contributed by atoms with Gasteiger partial charge >= 0.3 is 0 Å². The first-order valence-corrected chi connectivity index (χ1v) is 6.98. The molecule has 0 radical (unpaired) electrons. The van der Waals surface area contributed by atoms with Crippen molar-refractivity contribution in [3.8, 4) is 0 Å². The first-order chi connectivity index (χ1) is 9.72. The van der Waals surface area contributed by atoms with Crippen molar-refractivity contribution in [3.05, 3.63) is 24.2 Å². The van der Waals surface area contributed by atoms with Gasteiger partial charge in [-0.25, -0.2) is 0 Å². The molecule has 1 atom stereocenters. The zero-order valence-corrected chi connectivity index (χ0v) is 12.0. The molecule has 1 fully saturated rings. The quantitative estimate of drug-likeness (QED) is 0.811. The van der Waals surface area contributed by atoms with Gasteiger partial charge in [0.25, 0.3) is 0 Å². The fourth-order valence-corrected chi connectivity index (χ4v) is 2.37. The van der Waals surface area contributed by atoms with Crippen LogP contribution in [0.1, 0.15) is 12.2 Å². The Bertz CT molecular complexity index is 396. The number of hydrogen-bond acceptors (Lipinski definition) is 5. The van der Waals surface area contributed by atoms with Gasteiger partial charge in [0.2, 0.25) is 5.91 Å². The van der Waals surface area contributed by atoms with Crippen molar-refractivity contribution in [1.82, 2.24) is 9.80 Å². The van der Waals surface area contributed by atoms with E-state index in [9.17, 15) is 4.79 Å². The third kappa shape index (κ3) is 4.06. The number of furan rings is 1. The molecule has 1 aliphatic heterocycles. The van der Waals surface area contributed by atoms with Crippen molar-refractivity contribution in [1.29, 1.82) is 0 Å². The smallest absolute Gasteiger partial charge is 0.225 e. The Labute approximate surface area is 119 Å². The van der Waals surface area contributed by atoms with E-state index in [4.69, 9.17) is 14.9 Å². The van der Waals surface area contributed by atoms with Crippen LogP contribution >= 0.6 is 0 Å². The molecule has 1 aliphatic rings. The highest BCUT2D eigenvalue weighted by atomic mass is 16.5. The molecule has 2 heterocycles. The molecule has 0 saturated carbocycles. The number of carbonyl (C=O) groups excluding carboxylic acids is 1. The summed E-state index contributed by atoms with van der Waals surface area (Å²) in [5.41, 5.74) is 5.54. The molecule has 1 aromatic rings. The number of piperazine rings is 1. The molecule has 1 aromatic heterocycles. The Morgan fingerprint density at radius 3 is 2.75 bits per heavy atom. The Morgan fingerprint density at radius 2 is 2.20 bits per heavy atom. The molecular formula is C14H23N3O3. The lowest BCUT2D eigenvalue weighted by Crippen LogP contribution is -2.49. The minimum Gasteiger partial charge on any atom is -0.468 e. The maximum atomic E-state index is 12.1. The van der Waals surface area contributed by atoms with Crippen LogP contribution in [-0.2, 0) is 16.1 Å². The molecule has 1 amide bonds. The maximum Gasteiger partial charge on any atom is 0.225 e. The molecule has 1 saturated heterocycles. The molecule has 0 aromatic carbocycles. The van der Waals surface area contributed by atoms with Crippen LogP contribution in [0, 0.1) is 0 Å². The van der Waals surface area contributed by atoms with Crippen molar-refractivity contribution >= 4 is 5.91 Å². The molecule has 1 unspecified atom stereocenters. The van der Waals surface area contributed by atoms with Crippen LogP contribution < -0.4 is 5.73 Å². The number of rotatable bonds is 6. The zero-order chi connectivity index (χ0) is 14.4. The molecule has 0 bridgehead atoms. The van der Waals surface area contributed by atoms with E-state index in [1.807, 2.05) is 17.0 Å². The lowest BCUT2D eigenvalue weighted by molar-refractivity contribution is -0.135. The van der Waals surface area contributed by atoms with Gasteiger partial charge in [-0.05, 0) is 12.1 Å². The van der Waals surface area contributed by atoms with Gasteiger partial charge < -0.3 is 19.8 Å². The Balaban J connectivity index is 1.74. The number of nitrogens with zero attached hydrogens (tertiary/aromatic N) is 2. The minimum absolute atomic E-state index is 0.125. The predicted molar refractivity (Wildman–Crippen MR) is 75.0 cm³/mol. The van der Waals surface area contributed by atoms with Crippen molar-refractivity contribution in [3.63, 3.8) is 0 Å². The molecule has 6 nitrogen and oxygen atoms in total. The summed E-state index contributed by atoms with van der Waals surface area (Å²) in [6, 6.07) is 3.87. The third-order valence-corrected chi connectivity index (χ3v) is 3.68. The Hall–Kier alpha value is -1.37. The lowest BCUT2D eigenvalue weighted by Gasteiger charge is -2.34. The summed E-state index contributed by atoms with van der Waals surface area (Å²) in [7, 11) is 1.59. The van der Waals surface area contributed by atoms with Crippen LogP contribution in [0.25, 0.3) is 0 Å². The van der Waals surface area contributed by atoms with E-state index in [0.717, 1.165) is 38.5 Å². The SMILES string of the molecule is COC(CN)CC(=O)N1CCN(Cc2ccco2)CC1. The molecule has 2 N–H and O–H groups in total. The standard InChI is InChI=1S/C14H23N3O3/c1-19-13(10-15)9-14(18)17-6-4-16(5-7-17)11-12-3-2-8-20-12/h2-3,8,13H,4-7,9-11,15H2,1H3. The van der Waals surface area contributed by atoms with Crippen LogP contribution in [0.15, 0.2) is 22.8 Å². The van der Waals surface area contributed by atoms with E-state index in [0.29, 0.717) is 13.0 Å². The van der Waals surface area contributed by atoms with Gasteiger partial charge in [0.05, 0.1) is 25.3 Å². The number of nitrogens with two attached hydrogens (primary N) is 1. The Kier molecular flexibility index (Phi) is 5.58. The number of hydrogen-bond donors (Lipinski definition) is 1. The second-order valence-electron chi connectivity index (χ2n) is 5.03. The summed E-state index contributed by atoms with van der Waals surface area (Å²) in [5, 5.41) is 0. The second kappa shape index (κ2) is 7.42. The van der Waals surface area contributed by atoms with E-state index < -0.39 is 0 Å². The summed E-state index contributed by atoms with van der Waals surface area (Å²) in [4.78, 5) is 16.3. The first kappa shape index (κ1) is 15.0. The van der Waals surface area contributed by atoms with Gasteiger partial charge in [-0.2, -0.15) is 0 Å². The van der Waals surface area contributed by atoms with Gasteiger partial charge in [0, 0.05) is 39.8 Å². The fraction of sp³-hybridized carbons (Fsp3) is 0.643. The van der Waals surface area contributed by atoms with Gasteiger partial charge in [-0.3, -0.25) is 9.69 Å². The molecule has 20 heavy (non-hydrogen) atoms. The highest BCUT2D eigenvalue weighted by Gasteiger charge is 2.23. The van der Waals surface area contributed by atoms with Gasteiger partial charge in [-0.1, -0.05) is 0 Å². The second-order valence-corrected chi connectivity index (χ2v) is 5.03. The van der Waals surface area contributed by atoms with Crippen LogP contribution in [0.5, 0.6) is 0 Å². The van der Waals surface area contributed by atoms with Crippen molar-refractivity contribution in [2.24, 2.45) is 5.73 Å². The van der Waals surface area contributed by atoms with Crippen LogP contribution in [0.3, 0.4) is 0 Å². The van der Waals surface area contributed by atoms with Crippen LogP contribution in [0.2, 0.25) is 0 Å². The zero-order valence-electron chi connectivity index (χ0n) is 12.0. The molecule has 0 spiro atoms. The summed E-state index contributed by atoms with van der Waals surface area (Å²) < 4.78 is 10.5. The summed E-state index contributed by atoms with van der Waals surface area (Å²) >= 11 is 0. The van der Waals surface area contributed by atoms with Crippen LogP contribution in [-0.4, -0.2) is 61.6 Å². The highest BCUT2D eigenvalue weighted by molar-refractivity contribution is 5.76. The average molecular weight is 281 g/mol. The van der Waals surface area contributed by atoms with Gasteiger partial charge in [0.15, 0.2) is 0 Å². The predicted octanol–water partition coefficient (Wildman–Crippen LogP) is 0.288. The van der Waals surface area contributed by atoms with Gasteiger partial charge in [0.1, 0.15) is 5.76 Å². The molecule has 0 aliphatic carbocycles. The highest BCUT2D eigenvalue weighted by Crippen LogP contribution is 2.10. The third-order valence-electron chi connectivity index (χ3n) is 3.68. The minimum atomic E-state index is -0.177. The average Bonchev–Trinajstić information content (AvgIpc) is 2.98. The molecule has 112 valence electrons. The van der Waals surface area contributed by atoms with E-state index in [2.05, 4.69) is 4.90 Å². The Morgan fingerprint density at radius 1 is 1.45 bits per heavy atom. The molecule has 2 rings (SSSR count). The lowest BCUT2D eigenvalue weighted by atomic mass is 10.2. The van der Waals surface area contributed by atoms with Crippen LogP contribution in [0.4, 0.5) is 0 Å². The summed E-state index contributed by atoms with van der Waals surface area (Å²) in [6.07, 6.45) is 1.88. The van der Waals surface area contributed by atoms with Gasteiger partial charge in [-0.15, -0.1) is 0 Å². The van der Waals surface area contributed by atoms with E-state index in [-0.39, 0.29) is 12.0 Å². The summed E-state index contributed by atoms with van der Waals surface area (Å²) in [6.45, 7) is 4.42. The largest absolute Gasteiger partial charge is 0.468 e. The number of methoxy groups -OCH3 is 1. The number of amides is 1. The van der Waals surface area contributed by atoms with Crippen molar-refractivity contribution < 1.29 is 13.9 Å². The molecular weight excluding hydrogens is 258 g/mol. The van der Waals surface area contributed by atoms with E-state index in [1.165, 1.54) is 0 Å². The number of ether oxygens (including phenoxy) is 1. The number of carbonyl (C=O) groups is 1. The van der Waals surface area contributed by atoms with Crippen molar-refractivity contribution in [2.45, 2.75) is 19.1 Å². The topological polar surface area (TPSA) is 71.9 Å². The maximum absolute atomic E-state index is 12.1. The monoisotopic (exact) mass is 281 g/mol.